The summed E-state index contributed by atoms with van der Waals surface area (Å²) in [7, 11) is 0.256. The van der Waals surface area contributed by atoms with E-state index in [1.165, 1.54) is 0 Å². The van der Waals surface area contributed by atoms with Crippen molar-refractivity contribution in [3.63, 3.8) is 0 Å². The van der Waals surface area contributed by atoms with Gasteiger partial charge in [0, 0.05) is 0 Å². The van der Waals surface area contributed by atoms with Crippen LogP contribution in [0.3, 0.4) is 0 Å². The van der Waals surface area contributed by atoms with Gasteiger partial charge in [0.25, 0.3) is 0 Å². The average molecular weight is 225 g/mol. The molecule has 0 heterocycles. The first-order valence-electron chi connectivity index (χ1n) is 2.90. The lowest BCUT2D eigenvalue weighted by atomic mass is 10.0. The molecule has 14 heavy (non-hydrogen) atoms. The van der Waals surface area contributed by atoms with Crippen LogP contribution in [0.5, 0.6) is 0 Å². The van der Waals surface area contributed by atoms with Crippen molar-refractivity contribution < 1.29 is 41.0 Å². The van der Waals surface area contributed by atoms with E-state index >= 15 is 0 Å². The molecule has 0 bridgehead atoms. The van der Waals surface area contributed by atoms with E-state index in [0.29, 0.717) is 0 Å². The van der Waals surface area contributed by atoms with Crippen LogP contribution in [-0.4, -0.2) is 31.0 Å². The summed E-state index contributed by atoms with van der Waals surface area (Å²) in [5.74, 6) is -2.93. The minimum absolute atomic E-state index is 0.256. The molecule has 0 aliphatic heterocycles. The quantitative estimate of drug-likeness (QED) is 0.479. The van der Waals surface area contributed by atoms with Gasteiger partial charge in [-0.25, -0.2) is 0 Å². The highest BCUT2D eigenvalue weighted by Crippen LogP contribution is 2.41. The fraction of sp³-hybridized carbons (Fsp3) is 0.800. The van der Waals surface area contributed by atoms with Crippen molar-refractivity contribution in [2.45, 2.75) is 18.0 Å². The molecule has 0 atom stereocenters. The van der Waals surface area contributed by atoms with Crippen LogP contribution in [0.1, 0.15) is 0 Å². The van der Waals surface area contributed by atoms with Gasteiger partial charge < -0.3 is 9.84 Å². The van der Waals surface area contributed by atoms with E-state index in [9.17, 15) is 36.2 Å². The summed E-state index contributed by atoms with van der Waals surface area (Å²) in [6.07, 6.45) is -12.6. The summed E-state index contributed by atoms with van der Waals surface area (Å²) < 4.78 is 73.4. The molecule has 0 radical (unpaired) electrons. The topological polar surface area (TPSA) is 49.4 Å². The van der Waals surface area contributed by atoms with Gasteiger partial charge in [0.1, 0.15) is 0 Å². The highest BCUT2D eigenvalue weighted by Gasteiger charge is 2.67. The zero-order valence-corrected chi connectivity index (χ0v) is 6.49. The Kier molecular flexibility index (Phi) is 3.06. The minimum Gasteiger partial charge on any atom is -0.828 e. The summed E-state index contributed by atoms with van der Waals surface area (Å²) in [6, 6.07) is 0. The molecule has 0 aromatic heterocycles. The van der Waals surface area contributed by atoms with Crippen LogP contribution in [0.15, 0.2) is 0 Å². The van der Waals surface area contributed by atoms with Crippen LogP contribution in [0, 0.1) is 0 Å². The molecule has 0 aliphatic carbocycles. The summed E-state index contributed by atoms with van der Waals surface area (Å²) in [5, 5.41) is 10.4. The molecule has 0 aliphatic rings. The van der Waals surface area contributed by atoms with Gasteiger partial charge >= 0.3 is 18.3 Å². The van der Waals surface area contributed by atoms with E-state index in [1.807, 2.05) is 0 Å². The Balaban J connectivity index is 5.40. The van der Waals surface area contributed by atoms with Gasteiger partial charge in [-0.15, -0.1) is 0 Å². The lowest BCUT2D eigenvalue weighted by Crippen LogP contribution is -2.71. The van der Waals surface area contributed by atoms with Gasteiger partial charge in [-0.2, -0.15) is 26.3 Å². The number of carbonyl (C=O) groups is 1. The van der Waals surface area contributed by atoms with E-state index in [2.05, 4.69) is 4.74 Å². The van der Waals surface area contributed by atoms with E-state index in [0.717, 1.165) is 0 Å². The van der Waals surface area contributed by atoms with Crippen molar-refractivity contribution in [1.82, 2.24) is 0 Å². The molecule has 0 aromatic carbocycles. The van der Waals surface area contributed by atoms with E-state index in [1.54, 1.807) is 0 Å². The molecule has 0 aromatic rings. The predicted octanol–water partition coefficient (Wildman–Crippen LogP) is 0.383. The van der Waals surface area contributed by atoms with Crippen molar-refractivity contribution >= 4 is 5.97 Å². The molecule has 0 saturated heterocycles. The molecule has 0 fully saturated rings. The molecule has 0 spiro atoms. The summed E-state index contributed by atoms with van der Waals surface area (Å²) in [6.45, 7) is 0. The first kappa shape index (κ1) is 13.0. The van der Waals surface area contributed by atoms with Gasteiger partial charge in [0.15, 0.2) is 5.60 Å². The standard InChI is InChI=1S/C5H3F6O3/c1-14-2(12)3(13,4(6,7)8)5(9,10)11/h1H3/q-1. The molecule has 0 saturated carbocycles. The predicted molar refractivity (Wildman–Crippen MR) is 26.9 cm³/mol. The third-order valence-electron chi connectivity index (χ3n) is 1.27. The van der Waals surface area contributed by atoms with Crippen molar-refractivity contribution in [2.24, 2.45) is 0 Å². The summed E-state index contributed by atoms with van der Waals surface area (Å²) in [5.41, 5.74) is -5.73. The van der Waals surface area contributed by atoms with Crippen molar-refractivity contribution in [3.05, 3.63) is 0 Å². The molecule has 0 unspecified atom stereocenters. The summed E-state index contributed by atoms with van der Waals surface area (Å²) in [4.78, 5) is 10.2. The lowest BCUT2D eigenvalue weighted by molar-refractivity contribution is -0.574. The average Bonchev–Trinajstić information content (AvgIpc) is 1.97. The van der Waals surface area contributed by atoms with Gasteiger partial charge in [-0.1, -0.05) is 0 Å². The maximum absolute atomic E-state index is 11.7. The zero-order chi connectivity index (χ0) is 11.8. The molecule has 0 rings (SSSR count). The fourth-order valence-electron chi connectivity index (χ4n) is 0.536. The molecular weight excluding hydrogens is 222 g/mol. The van der Waals surface area contributed by atoms with Gasteiger partial charge in [0.05, 0.1) is 7.11 Å². The number of esters is 1. The second kappa shape index (κ2) is 3.30. The fourth-order valence-corrected chi connectivity index (χ4v) is 0.536. The van der Waals surface area contributed by atoms with Crippen LogP contribution in [-0.2, 0) is 9.53 Å². The molecular formula is C5H3F6O3-. The number of ether oxygens (including phenoxy) is 1. The Bertz CT molecular complexity index is 215. The third-order valence-corrected chi connectivity index (χ3v) is 1.27. The monoisotopic (exact) mass is 225 g/mol. The lowest BCUT2D eigenvalue weighted by Gasteiger charge is -2.39. The van der Waals surface area contributed by atoms with Crippen LogP contribution >= 0.6 is 0 Å². The van der Waals surface area contributed by atoms with Crippen LogP contribution in [0.4, 0.5) is 26.3 Å². The van der Waals surface area contributed by atoms with E-state index in [4.69, 9.17) is 0 Å². The molecule has 0 N–H and O–H groups in total. The highest BCUT2D eigenvalue weighted by molar-refractivity contribution is 5.80. The van der Waals surface area contributed by atoms with Crippen LogP contribution in [0.2, 0.25) is 0 Å². The SMILES string of the molecule is COC(=O)C([O-])(C(F)(F)F)C(F)(F)F. The number of hydrogen-bond acceptors (Lipinski definition) is 3. The van der Waals surface area contributed by atoms with Gasteiger partial charge in [-0.3, -0.25) is 4.79 Å². The Morgan fingerprint density at radius 1 is 1.07 bits per heavy atom. The molecule has 84 valence electrons. The minimum atomic E-state index is -6.29. The van der Waals surface area contributed by atoms with E-state index < -0.39 is 23.9 Å². The summed E-state index contributed by atoms with van der Waals surface area (Å²) >= 11 is 0. The number of methoxy groups -OCH3 is 1. The largest absolute Gasteiger partial charge is 0.828 e. The smallest absolute Gasteiger partial charge is 0.399 e. The van der Waals surface area contributed by atoms with Crippen molar-refractivity contribution in [2.75, 3.05) is 7.11 Å². The molecule has 9 heteroatoms. The maximum Gasteiger partial charge on any atom is 0.399 e. The normalized spacial score (nSPS) is 14.0. The number of hydrogen-bond donors (Lipinski definition) is 0. The number of rotatable bonds is 1. The number of halogens is 6. The first-order chi connectivity index (χ1) is 5.98. The van der Waals surface area contributed by atoms with Crippen molar-refractivity contribution in [3.8, 4) is 0 Å². The second-order valence-electron chi connectivity index (χ2n) is 2.17. The van der Waals surface area contributed by atoms with Gasteiger partial charge in [0.2, 0.25) is 0 Å². The first-order valence-corrected chi connectivity index (χ1v) is 2.90. The Morgan fingerprint density at radius 2 is 1.36 bits per heavy atom. The zero-order valence-electron chi connectivity index (χ0n) is 6.49. The Labute approximate surface area is 73.3 Å². The maximum atomic E-state index is 11.7. The molecule has 0 amide bonds. The Morgan fingerprint density at radius 3 is 1.43 bits per heavy atom. The molecule has 3 nitrogen and oxygen atoms in total. The van der Waals surface area contributed by atoms with E-state index in [-0.39, 0.29) is 7.11 Å². The van der Waals surface area contributed by atoms with Gasteiger partial charge in [-0.05, 0) is 0 Å². The second-order valence-corrected chi connectivity index (χ2v) is 2.17. The highest BCUT2D eigenvalue weighted by atomic mass is 19.4. The Hall–Kier alpha value is -0.990. The third kappa shape index (κ3) is 1.76. The van der Waals surface area contributed by atoms with Crippen molar-refractivity contribution in [1.29, 1.82) is 0 Å². The van der Waals surface area contributed by atoms with Crippen LogP contribution in [0.25, 0.3) is 0 Å². The number of carbonyl (C=O) groups excluding carboxylic acids is 1. The number of alkyl halides is 6. The van der Waals surface area contributed by atoms with Crippen LogP contribution < -0.4 is 5.11 Å².